The van der Waals surface area contributed by atoms with Crippen molar-refractivity contribution in [1.29, 1.82) is 0 Å². The molecule has 0 saturated heterocycles. The van der Waals surface area contributed by atoms with E-state index in [1.165, 1.54) is 32.1 Å². The van der Waals surface area contributed by atoms with Crippen LogP contribution >= 0.6 is 7.82 Å². The van der Waals surface area contributed by atoms with Crippen molar-refractivity contribution in [1.82, 2.24) is 5.32 Å². The van der Waals surface area contributed by atoms with E-state index in [1.54, 1.807) is 0 Å². The molecule has 0 rings (SSSR count). The van der Waals surface area contributed by atoms with E-state index in [0.29, 0.717) is 12.8 Å². The number of carboxylic acid groups (broad SMARTS) is 1. The first-order valence-corrected chi connectivity index (χ1v) is 18.4. The van der Waals surface area contributed by atoms with Crippen molar-refractivity contribution in [3.8, 4) is 0 Å². The standard InChI is InChI=1S/C33H60NO10P/c1-3-5-7-9-11-12-13-14-15-16-17-19-20-22-24-31(36)34-30(33(38)39)28-44-45(40,41)43-27-29(35)26-42-32(37)25-23-21-18-10-8-6-4-2/h9,11,13-14,29-30,35H,3-8,10,12,15-28H2,1-2H3,(H,34,36)(H,38,39)(H,40,41)/b11-9-,14-13-. The van der Waals surface area contributed by atoms with Crippen molar-refractivity contribution in [3.63, 3.8) is 0 Å². The summed E-state index contributed by atoms with van der Waals surface area (Å²) >= 11 is 0. The number of rotatable bonds is 31. The van der Waals surface area contributed by atoms with Gasteiger partial charge in [0.2, 0.25) is 5.91 Å². The summed E-state index contributed by atoms with van der Waals surface area (Å²) in [6.45, 7) is 2.44. The monoisotopic (exact) mass is 661 g/mol. The van der Waals surface area contributed by atoms with Gasteiger partial charge in [0.15, 0.2) is 6.04 Å². The smallest absolute Gasteiger partial charge is 0.472 e. The highest BCUT2D eigenvalue weighted by Gasteiger charge is 2.28. The lowest BCUT2D eigenvalue weighted by molar-refractivity contribution is -0.147. The molecule has 0 aliphatic carbocycles. The van der Waals surface area contributed by atoms with Crippen molar-refractivity contribution < 1.29 is 47.8 Å². The van der Waals surface area contributed by atoms with Gasteiger partial charge in [-0.25, -0.2) is 9.36 Å². The molecule has 0 heterocycles. The predicted molar refractivity (Wildman–Crippen MR) is 176 cm³/mol. The first kappa shape index (κ1) is 43.0. The fourth-order valence-corrected chi connectivity index (χ4v) is 5.04. The summed E-state index contributed by atoms with van der Waals surface area (Å²) in [4.78, 5) is 45.4. The van der Waals surface area contributed by atoms with Crippen LogP contribution in [0.4, 0.5) is 0 Å². The molecule has 11 nitrogen and oxygen atoms in total. The zero-order valence-electron chi connectivity index (χ0n) is 27.7. The minimum absolute atomic E-state index is 0.130. The van der Waals surface area contributed by atoms with Gasteiger partial charge in [0.05, 0.1) is 13.2 Å². The zero-order valence-corrected chi connectivity index (χ0v) is 28.6. The summed E-state index contributed by atoms with van der Waals surface area (Å²) in [5.74, 6) is -2.40. The van der Waals surface area contributed by atoms with Gasteiger partial charge in [-0.15, -0.1) is 0 Å². The van der Waals surface area contributed by atoms with Crippen LogP contribution in [0.1, 0.15) is 136 Å². The number of aliphatic carboxylic acids is 1. The molecule has 3 atom stereocenters. The van der Waals surface area contributed by atoms with E-state index >= 15 is 0 Å². The number of allylic oxidation sites excluding steroid dienone is 4. The van der Waals surface area contributed by atoms with Gasteiger partial charge in [-0.1, -0.05) is 109 Å². The fourth-order valence-electron chi connectivity index (χ4n) is 4.27. The minimum atomic E-state index is -4.74. The fraction of sp³-hybridized carbons (Fsp3) is 0.788. The molecule has 0 aliphatic heterocycles. The van der Waals surface area contributed by atoms with Gasteiger partial charge in [-0.05, 0) is 38.5 Å². The Morgan fingerprint density at radius 1 is 0.711 bits per heavy atom. The van der Waals surface area contributed by atoms with Crippen molar-refractivity contribution in [2.75, 3.05) is 19.8 Å². The summed E-state index contributed by atoms with van der Waals surface area (Å²) in [5, 5.41) is 21.6. The number of amides is 1. The van der Waals surface area contributed by atoms with Crippen LogP contribution in [-0.4, -0.2) is 64.9 Å². The average Bonchev–Trinajstić information content (AvgIpc) is 3.00. The molecule has 4 N–H and O–H groups in total. The molecule has 0 radical (unpaired) electrons. The lowest BCUT2D eigenvalue weighted by Crippen LogP contribution is -2.43. The lowest BCUT2D eigenvalue weighted by atomic mass is 10.1. The number of esters is 1. The summed E-state index contributed by atoms with van der Waals surface area (Å²) in [6, 6.07) is -1.55. The van der Waals surface area contributed by atoms with Crippen LogP contribution in [0, 0.1) is 0 Å². The molecule has 0 aromatic heterocycles. The number of carbonyl (C=O) groups is 3. The lowest BCUT2D eigenvalue weighted by Gasteiger charge is -2.18. The third-order valence-electron chi connectivity index (χ3n) is 6.99. The van der Waals surface area contributed by atoms with Crippen molar-refractivity contribution in [3.05, 3.63) is 24.3 Å². The molecule has 0 spiro atoms. The van der Waals surface area contributed by atoms with Crippen molar-refractivity contribution in [2.45, 2.75) is 148 Å². The second kappa shape index (κ2) is 29.4. The summed E-state index contributed by atoms with van der Waals surface area (Å²) in [5.41, 5.74) is 0. The van der Waals surface area contributed by atoms with Crippen molar-refractivity contribution in [2.24, 2.45) is 0 Å². The molecule has 0 aromatic carbocycles. The maximum atomic E-state index is 12.2. The maximum Gasteiger partial charge on any atom is 0.472 e. The molecule has 0 fully saturated rings. The van der Waals surface area contributed by atoms with E-state index in [1.807, 2.05) is 0 Å². The molecule has 0 aromatic rings. The Labute approximate surface area is 270 Å². The number of phosphoric acid groups is 1. The molecular formula is C33H60NO10P. The molecule has 0 saturated carbocycles. The molecule has 0 aliphatic rings. The number of carbonyl (C=O) groups excluding carboxylic acids is 2. The Morgan fingerprint density at radius 3 is 1.87 bits per heavy atom. The van der Waals surface area contributed by atoms with Crippen LogP contribution in [0.3, 0.4) is 0 Å². The molecule has 3 unspecified atom stereocenters. The number of ether oxygens (including phenoxy) is 1. The first-order valence-electron chi connectivity index (χ1n) is 16.9. The SMILES string of the molecule is CCCC/C=C\C/C=C\CCCCCCCC(=O)NC(COP(=O)(O)OCC(O)COC(=O)CCCCCCCCC)C(=O)O. The van der Waals surface area contributed by atoms with Gasteiger partial charge in [0.25, 0.3) is 0 Å². The van der Waals surface area contributed by atoms with E-state index in [-0.39, 0.29) is 12.8 Å². The van der Waals surface area contributed by atoms with Crippen molar-refractivity contribution >= 4 is 25.7 Å². The largest absolute Gasteiger partial charge is 0.480 e. The van der Waals surface area contributed by atoms with E-state index in [9.17, 15) is 34.1 Å². The Kier molecular flexibility index (Phi) is 28.0. The highest BCUT2D eigenvalue weighted by atomic mass is 31.2. The Hall–Kier alpha value is -2.04. The second-order valence-electron chi connectivity index (χ2n) is 11.4. The summed E-state index contributed by atoms with van der Waals surface area (Å²) in [6.07, 6.45) is 25.2. The third kappa shape index (κ3) is 29.1. The van der Waals surface area contributed by atoms with Gasteiger partial charge in [-0.2, -0.15) is 0 Å². The molecule has 12 heteroatoms. The molecule has 45 heavy (non-hydrogen) atoms. The predicted octanol–water partition coefficient (Wildman–Crippen LogP) is 7.16. The summed E-state index contributed by atoms with van der Waals surface area (Å²) < 4.78 is 26.5. The second-order valence-corrected chi connectivity index (χ2v) is 12.8. The number of hydrogen-bond acceptors (Lipinski definition) is 8. The van der Waals surface area contributed by atoms with Crippen LogP contribution < -0.4 is 5.32 Å². The number of unbranched alkanes of at least 4 members (excludes halogenated alkanes) is 13. The zero-order chi connectivity index (χ0) is 33.6. The number of carboxylic acids is 1. The topological polar surface area (TPSA) is 169 Å². The number of hydrogen-bond donors (Lipinski definition) is 4. The molecule has 0 bridgehead atoms. The van der Waals surface area contributed by atoms with E-state index in [4.69, 9.17) is 13.8 Å². The quantitative estimate of drug-likeness (QED) is 0.0259. The molecular weight excluding hydrogens is 601 g/mol. The Balaban J connectivity index is 4.06. The Morgan fingerprint density at radius 2 is 1.24 bits per heavy atom. The van der Waals surface area contributed by atoms with E-state index in [2.05, 4.69) is 43.5 Å². The highest BCUT2D eigenvalue weighted by Crippen LogP contribution is 2.43. The average molecular weight is 662 g/mol. The normalized spacial score (nSPS) is 14.4. The van der Waals surface area contributed by atoms with Gasteiger partial charge in [-0.3, -0.25) is 18.6 Å². The highest BCUT2D eigenvalue weighted by molar-refractivity contribution is 7.47. The van der Waals surface area contributed by atoms with Crippen LogP contribution in [0.5, 0.6) is 0 Å². The number of phosphoric ester groups is 1. The minimum Gasteiger partial charge on any atom is -0.480 e. The van der Waals surface area contributed by atoms with Crippen LogP contribution in [0.25, 0.3) is 0 Å². The number of aliphatic hydroxyl groups is 1. The number of aliphatic hydroxyl groups excluding tert-OH is 1. The maximum absolute atomic E-state index is 12.2. The van der Waals surface area contributed by atoms with Crippen LogP contribution in [-0.2, 0) is 32.7 Å². The molecule has 262 valence electrons. The Bertz CT molecular complexity index is 880. The molecule has 1 amide bonds. The third-order valence-corrected chi connectivity index (χ3v) is 7.94. The van der Waals surface area contributed by atoms with Gasteiger partial charge >= 0.3 is 19.8 Å². The van der Waals surface area contributed by atoms with Crippen LogP contribution in [0.15, 0.2) is 24.3 Å². The van der Waals surface area contributed by atoms with Gasteiger partial charge < -0.3 is 25.2 Å². The van der Waals surface area contributed by atoms with Crippen LogP contribution in [0.2, 0.25) is 0 Å². The first-order chi connectivity index (χ1) is 21.6. The number of nitrogens with one attached hydrogen (secondary N) is 1. The van der Waals surface area contributed by atoms with Gasteiger partial charge in [0.1, 0.15) is 12.7 Å². The summed E-state index contributed by atoms with van der Waals surface area (Å²) in [7, 11) is -4.74. The van der Waals surface area contributed by atoms with E-state index in [0.717, 1.165) is 64.2 Å². The van der Waals surface area contributed by atoms with Gasteiger partial charge in [0, 0.05) is 12.8 Å². The van der Waals surface area contributed by atoms with E-state index < -0.39 is 57.6 Å².